The molecule has 0 amide bonds. The average Bonchev–Trinajstić information content (AvgIpc) is 2.49. The number of ether oxygens (including phenoxy) is 2. The van der Waals surface area contributed by atoms with Gasteiger partial charge < -0.3 is 20.5 Å². The van der Waals surface area contributed by atoms with Crippen molar-refractivity contribution in [3.8, 4) is 0 Å². The maximum atomic E-state index is 12.5. The molecule has 0 aliphatic carbocycles. The van der Waals surface area contributed by atoms with Crippen molar-refractivity contribution in [2.24, 2.45) is 10.9 Å². The van der Waals surface area contributed by atoms with Gasteiger partial charge in [-0.25, -0.2) is 0 Å². The Balaban J connectivity index is 2.38. The molecule has 0 bridgehead atoms. The van der Waals surface area contributed by atoms with Crippen LogP contribution in [0.3, 0.4) is 0 Å². The van der Waals surface area contributed by atoms with Crippen molar-refractivity contribution in [3.05, 3.63) is 28.7 Å². The van der Waals surface area contributed by atoms with Gasteiger partial charge in [0.25, 0.3) is 0 Å². The number of nitrogens with zero attached hydrogens (tertiary/aromatic N) is 1. The van der Waals surface area contributed by atoms with Crippen molar-refractivity contribution >= 4 is 11.4 Å². The van der Waals surface area contributed by atoms with Gasteiger partial charge in [0.1, 0.15) is 5.69 Å². The molecule has 0 spiro atoms. The van der Waals surface area contributed by atoms with Crippen molar-refractivity contribution in [3.63, 3.8) is 0 Å². The summed E-state index contributed by atoms with van der Waals surface area (Å²) in [6.07, 6.45) is -4.51. The minimum absolute atomic E-state index is 0.228. The first-order chi connectivity index (χ1) is 10.5. The molecule has 1 aromatic carbocycles. The van der Waals surface area contributed by atoms with Crippen LogP contribution in [0.5, 0.6) is 0 Å². The maximum absolute atomic E-state index is 12.5. The van der Waals surface area contributed by atoms with E-state index in [1.165, 1.54) is 6.07 Å². The SMILES string of the molecule is NCCOCCOCCNc1ccc(C(F)(F)F)cc1N=O. The van der Waals surface area contributed by atoms with Gasteiger partial charge in [-0.2, -0.15) is 13.2 Å². The summed E-state index contributed by atoms with van der Waals surface area (Å²) >= 11 is 0. The summed E-state index contributed by atoms with van der Waals surface area (Å²) < 4.78 is 47.9. The highest BCUT2D eigenvalue weighted by Crippen LogP contribution is 2.35. The van der Waals surface area contributed by atoms with Crippen LogP contribution in [0.25, 0.3) is 0 Å². The van der Waals surface area contributed by atoms with Crippen LogP contribution in [0.4, 0.5) is 24.5 Å². The average molecular weight is 321 g/mol. The van der Waals surface area contributed by atoms with Gasteiger partial charge in [-0.1, -0.05) is 0 Å². The number of anilines is 1. The number of alkyl halides is 3. The number of halogens is 3. The van der Waals surface area contributed by atoms with E-state index >= 15 is 0 Å². The molecule has 1 rings (SSSR count). The zero-order valence-electron chi connectivity index (χ0n) is 11.9. The maximum Gasteiger partial charge on any atom is 0.416 e. The van der Waals surface area contributed by atoms with Crippen LogP contribution in [-0.2, 0) is 15.7 Å². The summed E-state index contributed by atoms with van der Waals surface area (Å²) in [7, 11) is 0. The van der Waals surface area contributed by atoms with Gasteiger partial charge in [0.15, 0.2) is 0 Å². The molecular weight excluding hydrogens is 303 g/mol. The van der Waals surface area contributed by atoms with Gasteiger partial charge >= 0.3 is 6.18 Å². The molecule has 0 radical (unpaired) electrons. The second-order valence-corrected chi connectivity index (χ2v) is 4.26. The van der Waals surface area contributed by atoms with Crippen LogP contribution >= 0.6 is 0 Å². The van der Waals surface area contributed by atoms with Gasteiger partial charge in [0, 0.05) is 13.1 Å². The normalized spacial score (nSPS) is 11.5. The zero-order chi connectivity index (χ0) is 16.4. The molecule has 9 heteroatoms. The molecule has 0 saturated heterocycles. The molecule has 124 valence electrons. The number of nitrogens with one attached hydrogen (secondary N) is 1. The smallest absolute Gasteiger partial charge is 0.381 e. The third kappa shape index (κ3) is 6.37. The van der Waals surface area contributed by atoms with Gasteiger partial charge in [-0.15, -0.1) is 4.91 Å². The van der Waals surface area contributed by atoms with Crippen molar-refractivity contribution in [1.82, 2.24) is 0 Å². The minimum Gasteiger partial charge on any atom is -0.381 e. The molecular formula is C13H18F3N3O3. The largest absolute Gasteiger partial charge is 0.416 e. The Bertz CT molecular complexity index is 470. The van der Waals surface area contributed by atoms with Crippen LogP contribution < -0.4 is 11.1 Å². The number of nitrogens with two attached hydrogens (primary N) is 1. The fraction of sp³-hybridized carbons (Fsp3) is 0.538. The van der Waals surface area contributed by atoms with Crippen molar-refractivity contribution in [2.45, 2.75) is 6.18 Å². The third-order valence-electron chi connectivity index (χ3n) is 2.62. The Morgan fingerprint density at radius 2 is 1.82 bits per heavy atom. The van der Waals surface area contributed by atoms with E-state index in [4.69, 9.17) is 15.2 Å². The van der Waals surface area contributed by atoms with E-state index < -0.39 is 11.7 Å². The standard InChI is InChI=1S/C13H18F3N3O3/c14-13(15,16)10-1-2-11(12(9-10)19-20)18-4-6-22-8-7-21-5-3-17/h1-2,9,18H,3-8,17H2. The number of hydrogen-bond acceptors (Lipinski definition) is 6. The van der Waals surface area contributed by atoms with Gasteiger partial charge in [0.2, 0.25) is 0 Å². The summed E-state index contributed by atoms with van der Waals surface area (Å²) in [4.78, 5) is 10.6. The first-order valence-corrected chi connectivity index (χ1v) is 6.63. The van der Waals surface area contributed by atoms with E-state index in [-0.39, 0.29) is 11.4 Å². The summed E-state index contributed by atoms with van der Waals surface area (Å²) in [6.45, 7) is 2.33. The lowest BCUT2D eigenvalue weighted by Gasteiger charge is -2.11. The first kappa shape index (κ1) is 18.3. The highest BCUT2D eigenvalue weighted by atomic mass is 19.4. The minimum atomic E-state index is -4.51. The molecule has 0 fully saturated rings. The number of hydrogen-bond donors (Lipinski definition) is 2. The molecule has 22 heavy (non-hydrogen) atoms. The van der Waals surface area contributed by atoms with E-state index in [2.05, 4.69) is 10.5 Å². The van der Waals surface area contributed by atoms with Crippen LogP contribution in [0.2, 0.25) is 0 Å². The molecule has 0 atom stereocenters. The highest BCUT2D eigenvalue weighted by molar-refractivity contribution is 5.66. The fourth-order valence-electron chi connectivity index (χ4n) is 1.60. The summed E-state index contributed by atoms with van der Waals surface area (Å²) in [5, 5.41) is 5.41. The van der Waals surface area contributed by atoms with Gasteiger partial charge in [-0.3, -0.25) is 0 Å². The highest BCUT2D eigenvalue weighted by Gasteiger charge is 2.31. The zero-order valence-corrected chi connectivity index (χ0v) is 11.9. The molecule has 0 aliphatic rings. The molecule has 0 saturated carbocycles. The summed E-state index contributed by atoms with van der Waals surface area (Å²) in [6, 6.07) is 2.76. The Labute approximate surface area is 125 Å². The van der Waals surface area contributed by atoms with Gasteiger partial charge in [0.05, 0.1) is 37.7 Å². The Hall–Kier alpha value is -1.71. The molecule has 6 nitrogen and oxygen atoms in total. The lowest BCUT2D eigenvalue weighted by molar-refractivity contribution is -0.137. The quantitative estimate of drug-likeness (QED) is 0.511. The lowest BCUT2D eigenvalue weighted by atomic mass is 10.1. The summed E-state index contributed by atoms with van der Waals surface area (Å²) in [5.74, 6) is 0. The monoisotopic (exact) mass is 321 g/mol. The van der Waals surface area contributed by atoms with E-state index in [9.17, 15) is 18.1 Å². The molecule has 3 N–H and O–H groups in total. The van der Waals surface area contributed by atoms with Crippen molar-refractivity contribution in [2.75, 3.05) is 44.8 Å². The van der Waals surface area contributed by atoms with E-state index in [0.29, 0.717) is 45.6 Å². The number of benzene rings is 1. The Morgan fingerprint density at radius 3 is 2.41 bits per heavy atom. The molecule has 0 heterocycles. The number of nitroso groups, excluding NO2 is 1. The van der Waals surface area contributed by atoms with Crippen LogP contribution in [0, 0.1) is 4.91 Å². The predicted molar refractivity (Wildman–Crippen MR) is 76.1 cm³/mol. The van der Waals surface area contributed by atoms with Crippen LogP contribution in [0.1, 0.15) is 5.56 Å². The third-order valence-corrected chi connectivity index (χ3v) is 2.62. The van der Waals surface area contributed by atoms with Crippen molar-refractivity contribution < 1.29 is 22.6 Å². The molecule has 0 aromatic heterocycles. The molecule has 0 aliphatic heterocycles. The van der Waals surface area contributed by atoms with Crippen LogP contribution in [0.15, 0.2) is 23.4 Å². The second-order valence-electron chi connectivity index (χ2n) is 4.26. The predicted octanol–water partition coefficient (Wildman–Crippen LogP) is 2.51. The second kappa shape index (κ2) is 9.34. The fourth-order valence-corrected chi connectivity index (χ4v) is 1.60. The topological polar surface area (TPSA) is 85.9 Å². The van der Waals surface area contributed by atoms with Crippen molar-refractivity contribution in [1.29, 1.82) is 0 Å². The molecule has 0 unspecified atom stereocenters. The summed E-state index contributed by atoms with van der Waals surface area (Å²) in [5.41, 5.74) is 4.26. The molecule has 1 aromatic rings. The van der Waals surface area contributed by atoms with E-state index in [0.717, 1.165) is 6.07 Å². The Morgan fingerprint density at radius 1 is 1.14 bits per heavy atom. The lowest BCUT2D eigenvalue weighted by Crippen LogP contribution is -2.15. The number of rotatable bonds is 10. The first-order valence-electron chi connectivity index (χ1n) is 6.63. The van der Waals surface area contributed by atoms with Crippen LogP contribution in [-0.4, -0.2) is 39.5 Å². The Kier molecular flexibility index (Phi) is 7.78. The van der Waals surface area contributed by atoms with E-state index in [1.54, 1.807) is 0 Å². The van der Waals surface area contributed by atoms with Gasteiger partial charge in [-0.05, 0) is 23.4 Å². The van der Waals surface area contributed by atoms with E-state index in [1.807, 2.05) is 0 Å².